The van der Waals surface area contributed by atoms with Gasteiger partial charge in [0.1, 0.15) is 5.82 Å². The molecule has 1 heterocycles. The molecule has 0 aliphatic carbocycles. The maximum absolute atomic E-state index is 13.2. The van der Waals surface area contributed by atoms with Crippen molar-refractivity contribution in [1.82, 2.24) is 4.98 Å². The molecule has 3 N–H and O–H groups in total. The highest BCUT2D eigenvalue weighted by Crippen LogP contribution is 2.31. The Bertz CT molecular complexity index is 833. The van der Waals surface area contributed by atoms with Gasteiger partial charge in [0, 0.05) is 39.7 Å². The number of benzene rings is 2. The molecule has 1 aromatic heterocycles. The number of halogens is 2. The molecule has 21 heavy (non-hydrogen) atoms. The molecule has 0 aliphatic heterocycles. The molecule has 3 aromatic rings. The van der Waals surface area contributed by atoms with E-state index >= 15 is 0 Å². The van der Waals surface area contributed by atoms with Crippen LogP contribution in [0.2, 0.25) is 5.02 Å². The van der Waals surface area contributed by atoms with E-state index in [-0.39, 0.29) is 5.02 Å². The van der Waals surface area contributed by atoms with Gasteiger partial charge in [-0.1, -0.05) is 11.6 Å². The van der Waals surface area contributed by atoms with Crippen molar-refractivity contribution in [2.24, 2.45) is 0 Å². The molecule has 0 saturated heterocycles. The molecule has 0 fully saturated rings. The Morgan fingerprint density at radius 1 is 1.14 bits per heavy atom. The van der Waals surface area contributed by atoms with Crippen molar-refractivity contribution < 1.29 is 4.39 Å². The van der Waals surface area contributed by atoms with Gasteiger partial charge in [-0.3, -0.25) is 4.98 Å². The first-order valence-corrected chi connectivity index (χ1v) is 6.79. The molecule has 0 radical (unpaired) electrons. The molecule has 0 aliphatic rings. The Balaban J connectivity index is 2.10. The van der Waals surface area contributed by atoms with Gasteiger partial charge in [0.15, 0.2) is 0 Å². The number of rotatable bonds is 2. The number of aromatic nitrogens is 1. The fraction of sp³-hybridized carbons (Fsp3) is 0.0625. The Morgan fingerprint density at radius 2 is 1.95 bits per heavy atom. The van der Waals surface area contributed by atoms with Crippen LogP contribution in [0.15, 0.2) is 42.6 Å². The zero-order valence-electron chi connectivity index (χ0n) is 11.3. The Morgan fingerprint density at radius 3 is 2.71 bits per heavy atom. The van der Waals surface area contributed by atoms with E-state index in [4.69, 9.17) is 17.3 Å². The molecule has 0 saturated carbocycles. The highest BCUT2D eigenvalue weighted by Gasteiger charge is 2.07. The quantitative estimate of drug-likeness (QED) is 0.677. The summed E-state index contributed by atoms with van der Waals surface area (Å²) in [5.74, 6) is -0.440. The normalized spacial score (nSPS) is 10.8. The zero-order valence-corrected chi connectivity index (χ0v) is 12.1. The number of fused-ring (bicyclic) bond motifs is 1. The van der Waals surface area contributed by atoms with Crippen LogP contribution in [0.5, 0.6) is 0 Å². The first-order valence-electron chi connectivity index (χ1n) is 6.41. The lowest BCUT2D eigenvalue weighted by Gasteiger charge is -2.12. The number of nitrogens with zero attached hydrogens (tertiary/aromatic N) is 1. The summed E-state index contributed by atoms with van der Waals surface area (Å²) in [6.07, 6.45) is 1.75. The smallest absolute Gasteiger partial charge is 0.141 e. The SMILES string of the molecule is Cc1cc2c(Nc3ccc(F)c(Cl)c3)ccc(N)c2cn1. The summed E-state index contributed by atoms with van der Waals surface area (Å²) in [7, 11) is 0. The van der Waals surface area contributed by atoms with Crippen molar-refractivity contribution >= 4 is 39.4 Å². The minimum absolute atomic E-state index is 0.0811. The molecule has 106 valence electrons. The van der Waals surface area contributed by atoms with Crippen LogP contribution in [0.3, 0.4) is 0 Å². The van der Waals surface area contributed by atoms with Crippen LogP contribution in [0.4, 0.5) is 21.5 Å². The Labute approximate surface area is 126 Å². The molecule has 2 aromatic carbocycles. The highest BCUT2D eigenvalue weighted by atomic mass is 35.5. The first-order chi connectivity index (χ1) is 10.0. The number of nitrogens with one attached hydrogen (secondary N) is 1. The van der Waals surface area contributed by atoms with E-state index in [9.17, 15) is 4.39 Å². The fourth-order valence-electron chi connectivity index (χ4n) is 2.20. The summed E-state index contributed by atoms with van der Waals surface area (Å²) < 4.78 is 13.2. The van der Waals surface area contributed by atoms with Crippen molar-refractivity contribution in [3.63, 3.8) is 0 Å². The predicted octanol–water partition coefficient (Wildman–Crippen LogP) is 4.66. The van der Waals surface area contributed by atoms with Gasteiger partial charge >= 0.3 is 0 Å². The third-order valence-corrected chi connectivity index (χ3v) is 3.56. The standard InChI is InChI=1S/C16H13ClFN3/c1-9-6-11-12(8-20-9)15(19)4-5-16(11)21-10-2-3-14(18)13(17)7-10/h2-8,21H,19H2,1H3. The van der Waals surface area contributed by atoms with Gasteiger partial charge < -0.3 is 11.1 Å². The zero-order chi connectivity index (χ0) is 15.0. The minimum Gasteiger partial charge on any atom is -0.398 e. The van der Waals surface area contributed by atoms with Gasteiger partial charge in [-0.25, -0.2) is 4.39 Å². The first kappa shape index (κ1) is 13.6. The van der Waals surface area contributed by atoms with Crippen LogP contribution < -0.4 is 11.1 Å². The summed E-state index contributed by atoms with van der Waals surface area (Å²) >= 11 is 5.80. The van der Waals surface area contributed by atoms with Gasteiger partial charge in [-0.2, -0.15) is 0 Å². The Hall–Kier alpha value is -2.33. The molecular formula is C16H13ClFN3. The summed E-state index contributed by atoms with van der Waals surface area (Å²) in [6, 6.07) is 10.2. The largest absolute Gasteiger partial charge is 0.398 e. The molecular weight excluding hydrogens is 289 g/mol. The van der Waals surface area contributed by atoms with E-state index in [1.165, 1.54) is 6.07 Å². The number of nitrogen functional groups attached to an aromatic ring is 1. The van der Waals surface area contributed by atoms with Crippen molar-refractivity contribution in [2.75, 3.05) is 11.1 Å². The van der Waals surface area contributed by atoms with Gasteiger partial charge in [-0.15, -0.1) is 0 Å². The van der Waals surface area contributed by atoms with Crippen molar-refractivity contribution in [2.45, 2.75) is 6.92 Å². The summed E-state index contributed by atoms with van der Waals surface area (Å²) in [5.41, 5.74) is 9.12. The summed E-state index contributed by atoms with van der Waals surface area (Å²) in [6.45, 7) is 1.92. The van der Waals surface area contributed by atoms with Gasteiger partial charge in [0.25, 0.3) is 0 Å². The predicted molar refractivity (Wildman–Crippen MR) is 85.6 cm³/mol. The van der Waals surface area contributed by atoms with Gasteiger partial charge in [-0.05, 0) is 43.3 Å². The lowest BCUT2D eigenvalue weighted by atomic mass is 10.1. The number of aryl methyl sites for hydroxylation is 1. The molecule has 3 nitrogen and oxygen atoms in total. The van der Waals surface area contributed by atoms with Crippen LogP contribution >= 0.6 is 11.6 Å². The highest BCUT2D eigenvalue weighted by molar-refractivity contribution is 6.31. The fourth-order valence-corrected chi connectivity index (χ4v) is 2.38. The monoisotopic (exact) mass is 301 g/mol. The molecule has 3 rings (SSSR count). The summed E-state index contributed by atoms with van der Waals surface area (Å²) in [5, 5.41) is 5.15. The second kappa shape index (κ2) is 5.22. The number of anilines is 3. The second-order valence-electron chi connectivity index (χ2n) is 4.83. The maximum Gasteiger partial charge on any atom is 0.141 e. The number of pyridine rings is 1. The van der Waals surface area contributed by atoms with Crippen molar-refractivity contribution in [1.29, 1.82) is 0 Å². The van der Waals surface area contributed by atoms with E-state index in [1.807, 2.05) is 25.1 Å². The van der Waals surface area contributed by atoms with Crippen molar-refractivity contribution in [3.05, 3.63) is 59.1 Å². The van der Waals surface area contributed by atoms with E-state index < -0.39 is 5.82 Å². The topological polar surface area (TPSA) is 50.9 Å². The molecule has 0 bridgehead atoms. The third kappa shape index (κ3) is 2.62. The van der Waals surface area contributed by atoms with E-state index in [1.54, 1.807) is 18.3 Å². The summed E-state index contributed by atoms with van der Waals surface area (Å²) in [4.78, 5) is 4.26. The van der Waals surface area contributed by atoms with E-state index in [2.05, 4.69) is 10.3 Å². The van der Waals surface area contributed by atoms with Crippen LogP contribution in [0.1, 0.15) is 5.69 Å². The van der Waals surface area contributed by atoms with Crippen LogP contribution in [0, 0.1) is 12.7 Å². The lowest BCUT2D eigenvalue weighted by Crippen LogP contribution is -1.96. The van der Waals surface area contributed by atoms with Crippen LogP contribution in [-0.4, -0.2) is 4.98 Å². The third-order valence-electron chi connectivity index (χ3n) is 3.27. The van der Waals surface area contributed by atoms with E-state index in [0.29, 0.717) is 11.4 Å². The van der Waals surface area contributed by atoms with Crippen LogP contribution in [0.25, 0.3) is 10.8 Å². The molecule has 0 unspecified atom stereocenters. The van der Waals surface area contributed by atoms with Gasteiger partial charge in [0.05, 0.1) is 5.02 Å². The minimum atomic E-state index is -0.440. The lowest BCUT2D eigenvalue weighted by molar-refractivity contribution is 0.628. The maximum atomic E-state index is 13.2. The molecule has 0 amide bonds. The molecule has 5 heteroatoms. The second-order valence-corrected chi connectivity index (χ2v) is 5.23. The van der Waals surface area contributed by atoms with Crippen molar-refractivity contribution in [3.8, 4) is 0 Å². The average molecular weight is 302 g/mol. The van der Waals surface area contributed by atoms with Gasteiger partial charge in [0.2, 0.25) is 0 Å². The number of hydrogen-bond donors (Lipinski definition) is 2. The average Bonchev–Trinajstić information content (AvgIpc) is 2.46. The number of hydrogen-bond acceptors (Lipinski definition) is 3. The van der Waals surface area contributed by atoms with E-state index in [0.717, 1.165) is 22.2 Å². The molecule has 0 spiro atoms. The van der Waals surface area contributed by atoms with Crippen LogP contribution in [-0.2, 0) is 0 Å². The number of nitrogens with two attached hydrogens (primary N) is 1. The molecule has 0 atom stereocenters. The Kier molecular flexibility index (Phi) is 3.39.